The number of benzene rings is 2. The van der Waals surface area contributed by atoms with Crippen LogP contribution in [0.5, 0.6) is 11.5 Å². The lowest BCUT2D eigenvalue weighted by molar-refractivity contribution is -0.148. The third-order valence-electron chi connectivity index (χ3n) is 3.99. The predicted molar refractivity (Wildman–Crippen MR) is 100 cm³/mol. The van der Waals surface area contributed by atoms with Crippen LogP contribution in [0, 0.1) is 0 Å². The lowest BCUT2D eigenvalue weighted by Gasteiger charge is -2.34. The van der Waals surface area contributed by atoms with E-state index < -0.39 is 22.1 Å². The highest BCUT2D eigenvalue weighted by Crippen LogP contribution is 2.38. The van der Waals surface area contributed by atoms with Gasteiger partial charge in [0.2, 0.25) is 6.10 Å². The number of hydrogen-bond donors (Lipinski definition) is 0. The summed E-state index contributed by atoms with van der Waals surface area (Å²) in [4.78, 5) is 11.9. The van der Waals surface area contributed by atoms with Crippen LogP contribution in [0.2, 0.25) is 5.02 Å². The van der Waals surface area contributed by atoms with Gasteiger partial charge in [0.15, 0.2) is 0 Å². The van der Waals surface area contributed by atoms with E-state index in [4.69, 9.17) is 25.8 Å². The van der Waals surface area contributed by atoms with E-state index in [0.717, 1.165) is 4.31 Å². The lowest BCUT2D eigenvalue weighted by Crippen LogP contribution is -2.47. The zero-order chi connectivity index (χ0) is 19.6. The molecule has 2 aromatic rings. The van der Waals surface area contributed by atoms with E-state index in [1.807, 2.05) is 0 Å². The molecule has 9 heteroatoms. The monoisotopic (exact) mass is 411 g/mol. The van der Waals surface area contributed by atoms with Gasteiger partial charge in [-0.05, 0) is 37.3 Å². The zero-order valence-electron chi connectivity index (χ0n) is 14.7. The van der Waals surface area contributed by atoms with Crippen molar-refractivity contribution >= 4 is 33.3 Å². The van der Waals surface area contributed by atoms with Crippen molar-refractivity contribution in [2.45, 2.75) is 17.9 Å². The summed E-state index contributed by atoms with van der Waals surface area (Å²) in [6.45, 7) is 2.00. The molecule has 0 N–H and O–H groups in total. The first-order valence-corrected chi connectivity index (χ1v) is 9.99. The number of esters is 1. The van der Waals surface area contributed by atoms with Crippen molar-refractivity contribution in [1.82, 2.24) is 0 Å². The Bertz CT molecular complexity index is 962. The topological polar surface area (TPSA) is 82.1 Å². The number of methoxy groups -OCH3 is 1. The largest absolute Gasteiger partial charge is 0.492 e. The van der Waals surface area contributed by atoms with E-state index in [0.29, 0.717) is 18.0 Å². The van der Waals surface area contributed by atoms with Gasteiger partial charge < -0.3 is 14.2 Å². The summed E-state index contributed by atoms with van der Waals surface area (Å²) in [5.41, 5.74) is 0.336. The number of anilines is 1. The maximum Gasteiger partial charge on any atom is 0.348 e. The molecule has 0 saturated carbocycles. The van der Waals surface area contributed by atoms with Crippen LogP contribution in [0.3, 0.4) is 0 Å². The van der Waals surface area contributed by atoms with Crippen LogP contribution in [0.1, 0.15) is 6.92 Å². The van der Waals surface area contributed by atoms with Crippen molar-refractivity contribution < 1.29 is 27.4 Å². The van der Waals surface area contributed by atoms with Gasteiger partial charge in [-0.2, -0.15) is 0 Å². The van der Waals surface area contributed by atoms with Gasteiger partial charge in [-0.3, -0.25) is 4.31 Å². The smallest absolute Gasteiger partial charge is 0.348 e. The normalized spacial score (nSPS) is 16.3. The van der Waals surface area contributed by atoms with Crippen molar-refractivity contribution in [3.63, 3.8) is 0 Å². The van der Waals surface area contributed by atoms with Crippen molar-refractivity contribution in [1.29, 1.82) is 0 Å². The fraction of sp³-hybridized carbons (Fsp3) is 0.278. The predicted octanol–water partition coefficient (Wildman–Crippen LogP) is 2.87. The fourth-order valence-electron chi connectivity index (χ4n) is 2.73. The summed E-state index contributed by atoms with van der Waals surface area (Å²) in [7, 11) is -2.78. The number of hydrogen-bond acceptors (Lipinski definition) is 6. The second-order valence-electron chi connectivity index (χ2n) is 5.66. The van der Waals surface area contributed by atoms with E-state index in [9.17, 15) is 13.2 Å². The number of carbonyl (C=O) groups excluding carboxylic acids is 1. The summed E-state index contributed by atoms with van der Waals surface area (Å²) >= 11 is 6.15. The van der Waals surface area contributed by atoms with Crippen molar-refractivity contribution in [2.24, 2.45) is 0 Å². The van der Waals surface area contributed by atoms with Crippen LogP contribution < -0.4 is 13.8 Å². The molecule has 0 amide bonds. The molecule has 0 spiro atoms. The minimum absolute atomic E-state index is 0.0173. The van der Waals surface area contributed by atoms with Gasteiger partial charge in [-0.1, -0.05) is 23.7 Å². The maximum absolute atomic E-state index is 13.2. The lowest BCUT2D eigenvalue weighted by atomic mass is 10.2. The van der Waals surface area contributed by atoms with E-state index in [1.165, 1.54) is 25.3 Å². The molecule has 144 valence electrons. The third-order valence-corrected chi connectivity index (χ3v) is 6.06. The third kappa shape index (κ3) is 3.68. The number of fused-ring (bicyclic) bond motifs is 1. The Morgan fingerprint density at radius 1 is 1.30 bits per heavy atom. The molecule has 2 aromatic carbocycles. The van der Waals surface area contributed by atoms with E-state index in [-0.39, 0.29) is 22.2 Å². The highest BCUT2D eigenvalue weighted by molar-refractivity contribution is 7.92. The van der Waals surface area contributed by atoms with Gasteiger partial charge in [0, 0.05) is 0 Å². The van der Waals surface area contributed by atoms with Gasteiger partial charge in [0.1, 0.15) is 11.5 Å². The summed E-state index contributed by atoms with van der Waals surface area (Å²) < 4.78 is 43.3. The molecule has 0 aromatic heterocycles. The molecule has 0 bridgehead atoms. The van der Waals surface area contributed by atoms with Gasteiger partial charge in [-0.25, -0.2) is 13.2 Å². The zero-order valence-corrected chi connectivity index (χ0v) is 16.3. The van der Waals surface area contributed by atoms with Crippen LogP contribution in [-0.2, 0) is 19.6 Å². The minimum atomic E-state index is -4.00. The number of para-hydroxylation sites is 2. The summed E-state index contributed by atoms with van der Waals surface area (Å²) in [5.74, 6) is 0.0159. The number of nitrogens with zero attached hydrogens (tertiary/aromatic N) is 1. The number of halogens is 1. The SMILES string of the molecule is CCOc1ccc(S(=O)(=O)N2C[C@@H](C(=O)OC)Oc3ccccc32)cc1Cl. The van der Waals surface area contributed by atoms with Crippen LogP contribution in [0.15, 0.2) is 47.4 Å². The summed E-state index contributed by atoms with van der Waals surface area (Å²) in [6, 6.07) is 10.8. The fourth-order valence-corrected chi connectivity index (χ4v) is 4.53. The number of ether oxygens (including phenoxy) is 3. The molecule has 7 nitrogen and oxygen atoms in total. The van der Waals surface area contributed by atoms with Crippen molar-refractivity contribution in [2.75, 3.05) is 24.6 Å². The summed E-state index contributed by atoms with van der Waals surface area (Å²) in [5, 5.41) is 0.184. The van der Waals surface area contributed by atoms with E-state index >= 15 is 0 Å². The molecular formula is C18H18ClNO6S. The Hall–Kier alpha value is -2.45. The standard InChI is InChI=1S/C18H18ClNO6S/c1-3-25-15-9-8-12(10-13(15)19)27(22,23)20-11-17(18(21)24-2)26-16-7-5-4-6-14(16)20/h4-10,17H,3,11H2,1-2H3/t17-/m0/s1. The highest BCUT2D eigenvalue weighted by atomic mass is 35.5. The molecule has 0 fully saturated rings. The van der Waals surface area contributed by atoms with Crippen LogP contribution in [-0.4, -0.2) is 40.8 Å². The molecule has 1 atom stereocenters. The quantitative estimate of drug-likeness (QED) is 0.703. The number of sulfonamides is 1. The molecule has 0 radical (unpaired) electrons. The maximum atomic E-state index is 13.2. The van der Waals surface area contributed by atoms with Crippen molar-refractivity contribution in [3.05, 3.63) is 47.5 Å². The van der Waals surface area contributed by atoms with Crippen LogP contribution >= 0.6 is 11.6 Å². The van der Waals surface area contributed by atoms with Crippen LogP contribution in [0.4, 0.5) is 5.69 Å². The second-order valence-corrected chi connectivity index (χ2v) is 7.93. The Labute approximate surface area is 162 Å². The molecule has 1 aliphatic heterocycles. The first kappa shape index (κ1) is 19.3. The van der Waals surface area contributed by atoms with Gasteiger partial charge in [-0.15, -0.1) is 0 Å². The Morgan fingerprint density at radius 2 is 2.04 bits per heavy atom. The second kappa shape index (κ2) is 7.66. The van der Waals surface area contributed by atoms with Crippen LogP contribution in [0.25, 0.3) is 0 Å². The Kier molecular flexibility index (Phi) is 5.48. The Morgan fingerprint density at radius 3 is 2.70 bits per heavy atom. The highest BCUT2D eigenvalue weighted by Gasteiger charge is 2.38. The molecule has 0 saturated heterocycles. The molecule has 0 aliphatic carbocycles. The minimum Gasteiger partial charge on any atom is -0.492 e. The van der Waals surface area contributed by atoms with Crippen molar-refractivity contribution in [3.8, 4) is 11.5 Å². The molecular weight excluding hydrogens is 394 g/mol. The first-order chi connectivity index (χ1) is 12.9. The van der Waals surface area contributed by atoms with Gasteiger partial charge in [0.25, 0.3) is 10.0 Å². The molecule has 3 rings (SSSR count). The average Bonchev–Trinajstić information content (AvgIpc) is 2.68. The Balaban J connectivity index is 2.04. The average molecular weight is 412 g/mol. The van der Waals surface area contributed by atoms with Gasteiger partial charge in [0.05, 0.1) is 35.9 Å². The molecule has 27 heavy (non-hydrogen) atoms. The first-order valence-electron chi connectivity index (χ1n) is 8.17. The molecule has 1 heterocycles. The number of rotatable bonds is 5. The molecule has 1 aliphatic rings. The van der Waals surface area contributed by atoms with Gasteiger partial charge >= 0.3 is 5.97 Å². The molecule has 0 unspecified atom stereocenters. The van der Waals surface area contributed by atoms with E-state index in [1.54, 1.807) is 31.2 Å². The number of carbonyl (C=O) groups is 1. The van der Waals surface area contributed by atoms with E-state index in [2.05, 4.69) is 0 Å². The summed E-state index contributed by atoms with van der Waals surface area (Å²) in [6.07, 6.45) is -1.07.